The van der Waals surface area contributed by atoms with Gasteiger partial charge in [-0.25, -0.2) is 0 Å². The summed E-state index contributed by atoms with van der Waals surface area (Å²) in [5.41, 5.74) is 2.42. The Hall–Kier alpha value is -2.82. The number of hydrogen-bond acceptors (Lipinski definition) is 3. The molecule has 29 heavy (non-hydrogen) atoms. The van der Waals surface area contributed by atoms with E-state index in [1.54, 1.807) is 12.1 Å². The van der Waals surface area contributed by atoms with Crippen LogP contribution in [0.15, 0.2) is 48.5 Å². The van der Waals surface area contributed by atoms with E-state index < -0.39 is 0 Å². The van der Waals surface area contributed by atoms with Crippen molar-refractivity contribution in [2.24, 2.45) is 5.92 Å². The molecule has 0 saturated carbocycles. The van der Waals surface area contributed by atoms with Gasteiger partial charge in [0.2, 0.25) is 0 Å². The van der Waals surface area contributed by atoms with Crippen LogP contribution in [0.1, 0.15) is 53.0 Å². The van der Waals surface area contributed by atoms with E-state index in [4.69, 9.17) is 4.74 Å². The normalized spacial score (nSPS) is 16.6. The summed E-state index contributed by atoms with van der Waals surface area (Å²) in [4.78, 5) is 26.8. The Morgan fingerprint density at radius 2 is 1.86 bits per heavy atom. The Kier molecular flexibility index (Phi) is 6.91. The maximum Gasteiger partial charge on any atom is 0.254 e. The highest BCUT2D eigenvalue weighted by molar-refractivity contribution is 5.95. The lowest BCUT2D eigenvalue weighted by Crippen LogP contribution is -2.41. The SMILES string of the molecule is Cc1ccccc1C(=O)N1CCC[C@H](COc2ccc(C(=O)NC(C)C)cc2)C1. The van der Waals surface area contributed by atoms with E-state index in [1.165, 1.54) is 0 Å². The molecular formula is C24H30N2O3. The second-order valence-electron chi connectivity index (χ2n) is 8.04. The second-order valence-corrected chi connectivity index (χ2v) is 8.04. The molecule has 0 unspecified atom stereocenters. The molecule has 0 aliphatic carbocycles. The minimum atomic E-state index is -0.0795. The monoisotopic (exact) mass is 394 g/mol. The zero-order valence-corrected chi connectivity index (χ0v) is 17.5. The zero-order chi connectivity index (χ0) is 20.8. The number of ether oxygens (including phenoxy) is 1. The molecule has 0 radical (unpaired) electrons. The van der Waals surface area contributed by atoms with Crippen molar-refractivity contribution in [3.8, 4) is 5.75 Å². The van der Waals surface area contributed by atoms with Crippen LogP contribution in [0.25, 0.3) is 0 Å². The minimum Gasteiger partial charge on any atom is -0.493 e. The maximum atomic E-state index is 12.9. The first-order chi connectivity index (χ1) is 13.9. The van der Waals surface area contributed by atoms with Crippen molar-refractivity contribution in [1.29, 1.82) is 0 Å². The molecular weight excluding hydrogens is 364 g/mol. The smallest absolute Gasteiger partial charge is 0.254 e. The summed E-state index contributed by atoms with van der Waals surface area (Å²) in [5.74, 6) is 1.08. The summed E-state index contributed by atoms with van der Waals surface area (Å²) >= 11 is 0. The molecule has 0 aromatic heterocycles. The molecule has 1 aliphatic rings. The third kappa shape index (κ3) is 5.59. The van der Waals surface area contributed by atoms with E-state index in [9.17, 15) is 9.59 Å². The molecule has 1 atom stereocenters. The largest absolute Gasteiger partial charge is 0.493 e. The number of piperidine rings is 1. The molecule has 1 N–H and O–H groups in total. The van der Waals surface area contributed by atoms with Gasteiger partial charge in [0.25, 0.3) is 11.8 Å². The summed E-state index contributed by atoms with van der Waals surface area (Å²) in [6.07, 6.45) is 2.03. The number of benzene rings is 2. The fraction of sp³-hybridized carbons (Fsp3) is 0.417. The fourth-order valence-electron chi connectivity index (χ4n) is 3.63. The predicted molar refractivity (Wildman–Crippen MR) is 114 cm³/mol. The quantitative estimate of drug-likeness (QED) is 0.804. The number of amides is 2. The van der Waals surface area contributed by atoms with Crippen molar-refractivity contribution in [1.82, 2.24) is 10.2 Å². The Labute approximate surface area is 173 Å². The highest BCUT2D eigenvalue weighted by atomic mass is 16.5. The molecule has 1 saturated heterocycles. The van der Waals surface area contributed by atoms with Gasteiger partial charge in [-0.15, -0.1) is 0 Å². The number of likely N-dealkylation sites (tertiary alicyclic amines) is 1. The summed E-state index contributed by atoms with van der Waals surface area (Å²) in [6, 6.07) is 15.1. The molecule has 1 heterocycles. The third-order valence-corrected chi connectivity index (χ3v) is 5.20. The fourth-order valence-corrected chi connectivity index (χ4v) is 3.63. The molecule has 154 valence electrons. The van der Waals surface area contributed by atoms with E-state index in [1.807, 2.05) is 62.1 Å². The van der Waals surface area contributed by atoms with Crippen molar-refractivity contribution in [2.75, 3.05) is 19.7 Å². The van der Waals surface area contributed by atoms with E-state index in [0.717, 1.165) is 36.3 Å². The van der Waals surface area contributed by atoms with Crippen LogP contribution >= 0.6 is 0 Å². The molecule has 3 rings (SSSR count). The average Bonchev–Trinajstić information content (AvgIpc) is 2.72. The van der Waals surface area contributed by atoms with Gasteiger partial charge in [0, 0.05) is 36.2 Å². The van der Waals surface area contributed by atoms with Gasteiger partial charge in [0.1, 0.15) is 5.75 Å². The van der Waals surface area contributed by atoms with Crippen molar-refractivity contribution in [2.45, 2.75) is 39.7 Å². The maximum absolute atomic E-state index is 12.9. The number of hydrogen-bond donors (Lipinski definition) is 1. The van der Waals surface area contributed by atoms with Crippen LogP contribution in [0, 0.1) is 12.8 Å². The Balaban J connectivity index is 1.54. The molecule has 5 nitrogen and oxygen atoms in total. The molecule has 2 amide bonds. The predicted octanol–water partition coefficient (Wildman–Crippen LogP) is 4.06. The number of carbonyl (C=O) groups excluding carboxylic acids is 2. The van der Waals surface area contributed by atoms with Crippen LogP contribution in [0.2, 0.25) is 0 Å². The first-order valence-electron chi connectivity index (χ1n) is 10.3. The molecule has 0 spiro atoms. The number of aryl methyl sites for hydroxylation is 1. The van der Waals surface area contributed by atoms with Gasteiger partial charge in [-0.1, -0.05) is 18.2 Å². The Bertz CT molecular complexity index is 845. The number of nitrogens with one attached hydrogen (secondary N) is 1. The molecule has 0 bridgehead atoms. The topological polar surface area (TPSA) is 58.6 Å². The van der Waals surface area contributed by atoms with Gasteiger partial charge in [-0.3, -0.25) is 9.59 Å². The minimum absolute atomic E-state index is 0.0795. The standard InChI is InChI=1S/C24H30N2O3/c1-17(2)25-23(27)20-10-12-21(13-11-20)29-16-19-8-6-14-26(15-19)24(28)22-9-5-4-7-18(22)3/h4-5,7,9-13,17,19H,6,8,14-16H2,1-3H3,(H,25,27)/t19-/m0/s1. The van der Waals surface area contributed by atoms with E-state index >= 15 is 0 Å². The molecule has 2 aromatic carbocycles. The van der Waals surface area contributed by atoms with Crippen molar-refractivity contribution < 1.29 is 14.3 Å². The van der Waals surface area contributed by atoms with Gasteiger partial charge in [0.05, 0.1) is 6.61 Å². The van der Waals surface area contributed by atoms with Crippen LogP contribution in [-0.2, 0) is 0 Å². The van der Waals surface area contributed by atoms with E-state index in [2.05, 4.69) is 5.32 Å². The molecule has 5 heteroatoms. The van der Waals surface area contributed by atoms with Crippen molar-refractivity contribution in [3.63, 3.8) is 0 Å². The summed E-state index contributed by atoms with van der Waals surface area (Å²) < 4.78 is 5.95. The number of carbonyl (C=O) groups is 2. The lowest BCUT2D eigenvalue weighted by molar-refractivity contribution is 0.0632. The third-order valence-electron chi connectivity index (χ3n) is 5.20. The molecule has 1 aliphatic heterocycles. The van der Waals surface area contributed by atoms with Gasteiger partial charge < -0.3 is 15.0 Å². The van der Waals surface area contributed by atoms with Crippen molar-refractivity contribution in [3.05, 3.63) is 65.2 Å². The van der Waals surface area contributed by atoms with Gasteiger partial charge in [0.15, 0.2) is 0 Å². The van der Waals surface area contributed by atoms with Gasteiger partial charge in [-0.2, -0.15) is 0 Å². The van der Waals surface area contributed by atoms with Crippen LogP contribution in [-0.4, -0.2) is 42.5 Å². The van der Waals surface area contributed by atoms with E-state index in [-0.39, 0.29) is 17.9 Å². The lowest BCUT2D eigenvalue weighted by Gasteiger charge is -2.33. The highest BCUT2D eigenvalue weighted by Crippen LogP contribution is 2.22. The first-order valence-corrected chi connectivity index (χ1v) is 10.3. The number of rotatable bonds is 6. The van der Waals surface area contributed by atoms with Crippen LogP contribution in [0.3, 0.4) is 0 Å². The van der Waals surface area contributed by atoms with Crippen LogP contribution in [0.4, 0.5) is 0 Å². The van der Waals surface area contributed by atoms with Crippen molar-refractivity contribution >= 4 is 11.8 Å². The van der Waals surface area contributed by atoms with Crippen LogP contribution < -0.4 is 10.1 Å². The summed E-state index contributed by atoms with van der Waals surface area (Å²) in [6.45, 7) is 7.92. The highest BCUT2D eigenvalue weighted by Gasteiger charge is 2.25. The first kappa shape index (κ1) is 20.9. The molecule has 1 fully saturated rings. The van der Waals surface area contributed by atoms with Crippen LogP contribution in [0.5, 0.6) is 5.75 Å². The summed E-state index contributed by atoms with van der Waals surface area (Å²) in [5, 5.41) is 2.88. The van der Waals surface area contributed by atoms with Gasteiger partial charge >= 0.3 is 0 Å². The zero-order valence-electron chi connectivity index (χ0n) is 17.5. The number of nitrogens with zero attached hydrogens (tertiary/aromatic N) is 1. The molecule has 2 aromatic rings. The lowest BCUT2D eigenvalue weighted by atomic mass is 9.97. The Morgan fingerprint density at radius 1 is 1.14 bits per heavy atom. The average molecular weight is 395 g/mol. The summed E-state index contributed by atoms with van der Waals surface area (Å²) in [7, 11) is 0. The Morgan fingerprint density at radius 3 is 2.55 bits per heavy atom. The van der Waals surface area contributed by atoms with E-state index in [0.29, 0.717) is 24.6 Å². The second kappa shape index (κ2) is 9.59. The van der Waals surface area contributed by atoms with Gasteiger partial charge in [-0.05, 0) is 69.5 Å².